The maximum Gasteiger partial charge on any atom is 0.472 e. The summed E-state index contributed by atoms with van der Waals surface area (Å²) in [5, 5.41) is 20.5. The molecule has 89 heavy (non-hydrogen) atoms. The maximum atomic E-state index is 12.9. The van der Waals surface area contributed by atoms with Gasteiger partial charge in [0.15, 0.2) is 6.10 Å². The Labute approximate surface area is 539 Å². The number of rotatable bonds is 65. The highest BCUT2D eigenvalue weighted by atomic mass is 31.2. The fourth-order valence-electron chi connectivity index (χ4n) is 9.02. The average Bonchev–Trinajstić information content (AvgIpc) is 3.66. The molecule has 5 atom stereocenters. The Kier molecular flexibility index (Phi) is 62.0. The summed E-state index contributed by atoms with van der Waals surface area (Å²) in [7, 11) is -9.78. The van der Waals surface area contributed by atoms with Crippen LogP contribution in [0.15, 0.2) is 97.2 Å². The smallest absolute Gasteiger partial charge is 0.463 e. The van der Waals surface area contributed by atoms with Gasteiger partial charge in [0, 0.05) is 19.3 Å². The molecule has 0 aromatic rings. The number of phosphoric acid groups is 2. The van der Waals surface area contributed by atoms with Crippen LogP contribution in [0.4, 0.5) is 0 Å². The topological polar surface area (TPSA) is 231 Å². The fourth-order valence-corrected chi connectivity index (χ4v) is 10.6. The Morgan fingerprint density at radius 2 is 0.596 bits per heavy atom. The summed E-state index contributed by atoms with van der Waals surface area (Å²) >= 11 is 0. The largest absolute Gasteiger partial charge is 0.472 e. The van der Waals surface area contributed by atoms with Gasteiger partial charge in [0.25, 0.3) is 0 Å². The standard InChI is InChI=1S/C71H124O16P2/c1-4-7-10-13-16-19-22-25-27-29-30-31-32-33-34-36-38-40-42-45-48-51-54-57-69(74)81-60-66(72)61-83-88(77,78)84-62-67(73)63-85-89(79,80)86-65-68(87-71(76)59-56-53-50-47-44-39-24-21-18-15-12-9-6-3)64-82-70(75)58-55-52-49-46-43-41-37-35-28-26-23-20-17-14-11-8-5-2/h8,11,16-17,19-20,25-28,30-31,33-34,37,41,66-68,72-73H,4-7,9-10,12-15,18,21-24,29,32,35-36,38-40,42-65H2,1-3H3,(H,77,78)(H,79,80)/b11-8-,19-16-,20-17-,27-25-,28-26-,31-30-,34-33-,41-37-. The number of allylic oxidation sites excluding steroid dienone is 16. The van der Waals surface area contributed by atoms with E-state index in [4.69, 9.17) is 32.3 Å². The van der Waals surface area contributed by atoms with Gasteiger partial charge in [0.1, 0.15) is 25.4 Å². The summed E-state index contributed by atoms with van der Waals surface area (Å²) in [5.41, 5.74) is 0. The van der Waals surface area contributed by atoms with Crippen LogP contribution in [0, 0.1) is 0 Å². The number of carbonyl (C=O) groups is 3. The molecule has 0 amide bonds. The molecule has 0 bridgehead atoms. The van der Waals surface area contributed by atoms with Crippen molar-refractivity contribution in [1.82, 2.24) is 0 Å². The number of carbonyl (C=O) groups excluding carboxylic acids is 3. The van der Waals surface area contributed by atoms with Crippen LogP contribution in [0.25, 0.3) is 0 Å². The SMILES string of the molecule is CC/C=C\C/C=C\C/C=C\C/C=C\CCCCCCC(=O)OCC(COP(=O)(O)OCC(O)COP(=O)(O)OCC(O)COC(=O)CCCCCCCCC/C=C\C/C=C\C/C=C\C/C=C\CCCCC)OC(=O)CCCCCCCCCCCCCCC. The number of hydrogen-bond acceptors (Lipinski definition) is 14. The Balaban J connectivity index is 4.61. The third-order valence-corrected chi connectivity index (χ3v) is 16.2. The Morgan fingerprint density at radius 3 is 0.966 bits per heavy atom. The molecule has 0 saturated carbocycles. The zero-order chi connectivity index (χ0) is 65.3. The molecule has 0 aliphatic carbocycles. The van der Waals surface area contributed by atoms with Crippen molar-refractivity contribution in [2.75, 3.05) is 39.6 Å². The number of ether oxygens (including phenoxy) is 3. The van der Waals surface area contributed by atoms with E-state index in [1.807, 2.05) is 0 Å². The van der Waals surface area contributed by atoms with Crippen molar-refractivity contribution in [3.63, 3.8) is 0 Å². The molecule has 0 spiro atoms. The number of esters is 3. The van der Waals surface area contributed by atoms with Crippen LogP contribution >= 0.6 is 15.6 Å². The Morgan fingerprint density at radius 1 is 0.326 bits per heavy atom. The lowest BCUT2D eigenvalue weighted by atomic mass is 10.0. The highest BCUT2D eigenvalue weighted by Crippen LogP contribution is 2.45. The molecular weight excluding hydrogens is 1170 g/mol. The van der Waals surface area contributed by atoms with Crippen LogP contribution in [0.5, 0.6) is 0 Å². The zero-order valence-electron chi connectivity index (χ0n) is 55.6. The second-order valence-corrected chi connectivity index (χ2v) is 25.9. The van der Waals surface area contributed by atoms with Crippen molar-refractivity contribution in [2.24, 2.45) is 0 Å². The summed E-state index contributed by atoms with van der Waals surface area (Å²) in [6, 6.07) is 0. The van der Waals surface area contributed by atoms with Crippen molar-refractivity contribution in [1.29, 1.82) is 0 Å². The first kappa shape index (κ1) is 85.5. The first-order chi connectivity index (χ1) is 43.2. The predicted molar refractivity (Wildman–Crippen MR) is 362 cm³/mol. The van der Waals surface area contributed by atoms with Crippen LogP contribution in [0.2, 0.25) is 0 Å². The molecule has 0 heterocycles. The molecule has 514 valence electrons. The van der Waals surface area contributed by atoms with Gasteiger partial charge < -0.3 is 34.2 Å². The van der Waals surface area contributed by atoms with Crippen molar-refractivity contribution in [3.8, 4) is 0 Å². The average molecular weight is 1300 g/mol. The first-order valence-electron chi connectivity index (χ1n) is 34.5. The lowest BCUT2D eigenvalue weighted by Crippen LogP contribution is -2.30. The summed E-state index contributed by atoms with van der Waals surface area (Å²) in [6.07, 6.45) is 70.3. The van der Waals surface area contributed by atoms with E-state index in [-0.39, 0.29) is 19.3 Å². The van der Waals surface area contributed by atoms with Gasteiger partial charge in [-0.1, -0.05) is 253 Å². The van der Waals surface area contributed by atoms with Gasteiger partial charge in [0.2, 0.25) is 0 Å². The molecule has 0 rings (SSSR count). The molecular formula is C71H124O16P2. The van der Waals surface area contributed by atoms with E-state index >= 15 is 0 Å². The molecule has 0 aliphatic heterocycles. The van der Waals surface area contributed by atoms with Gasteiger partial charge in [-0.3, -0.25) is 32.5 Å². The van der Waals surface area contributed by atoms with Gasteiger partial charge in [-0.2, -0.15) is 0 Å². The number of aliphatic hydroxyl groups excluding tert-OH is 2. The van der Waals surface area contributed by atoms with E-state index in [2.05, 4.69) is 118 Å². The molecule has 5 unspecified atom stereocenters. The van der Waals surface area contributed by atoms with Crippen molar-refractivity contribution in [3.05, 3.63) is 97.2 Å². The van der Waals surface area contributed by atoms with Gasteiger partial charge in [-0.25, -0.2) is 9.13 Å². The molecule has 0 aliphatic rings. The van der Waals surface area contributed by atoms with Gasteiger partial charge in [-0.05, 0) is 103 Å². The molecule has 0 fully saturated rings. The normalized spacial score (nSPS) is 14.8. The van der Waals surface area contributed by atoms with Crippen molar-refractivity contribution < 1.29 is 75.8 Å². The maximum absolute atomic E-state index is 12.9. The number of unbranched alkanes of at least 4 members (excludes halogenated alkanes) is 26. The van der Waals surface area contributed by atoms with E-state index in [1.165, 1.54) is 77.0 Å². The van der Waals surface area contributed by atoms with Crippen molar-refractivity contribution in [2.45, 2.75) is 296 Å². The molecule has 0 saturated heterocycles. The van der Waals surface area contributed by atoms with Crippen LogP contribution < -0.4 is 0 Å². The van der Waals surface area contributed by atoms with E-state index in [9.17, 15) is 43.5 Å². The Hall–Kier alpha value is -3.53. The quantitative estimate of drug-likeness (QED) is 0.0146. The Bertz CT molecular complexity index is 2010. The lowest BCUT2D eigenvalue weighted by molar-refractivity contribution is -0.161. The van der Waals surface area contributed by atoms with E-state index in [0.29, 0.717) is 19.3 Å². The van der Waals surface area contributed by atoms with E-state index < -0.39 is 91.5 Å². The minimum Gasteiger partial charge on any atom is -0.463 e. The number of phosphoric ester groups is 2. The van der Waals surface area contributed by atoms with Crippen molar-refractivity contribution >= 4 is 33.6 Å². The molecule has 16 nitrogen and oxygen atoms in total. The minimum atomic E-state index is -4.93. The summed E-state index contributed by atoms with van der Waals surface area (Å²) in [6.45, 7) is 2.49. The zero-order valence-corrected chi connectivity index (χ0v) is 57.4. The van der Waals surface area contributed by atoms with Gasteiger partial charge >= 0.3 is 33.6 Å². The number of hydrogen-bond donors (Lipinski definition) is 4. The third kappa shape index (κ3) is 65.8. The van der Waals surface area contributed by atoms with E-state index in [1.54, 1.807) is 0 Å². The molecule has 0 aromatic carbocycles. The monoisotopic (exact) mass is 1290 g/mol. The summed E-state index contributed by atoms with van der Waals surface area (Å²) in [4.78, 5) is 58.3. The summed E-state index contributed by atoms with van der Waals surface area (Å²) in [5.74, 6) is -1.61. The van der Waals surface area contributed by atoms with Crippen LogP contribution in [0.1, 0.15) is 278 Å². The second-order valence-electron chi connectivity index (χ2n) is 23.0. The first-order valence-corrected chi connectivity index (χ1v) is 37.5. The van der Waals surface area contributed by atoms with Crippen LogP contribution in [0.3, 0.4) is 0 Å². The number of aliphatic hydroxyl groups is 2. The minimum absolute atomic E-state index is 0.101. The third-order valence-electron chi connectivity index (χ3n) is 14.3. The van der Waals surface area contributed by atoms with Gasteiger partial charge in [-0.15, -0.1) is 0 Å². The molecule has 4 N–H and O–H groups in total. The highest BCUT2D eigenvalue weighted by molar-refractivity contribution is 7.47. The van der Waals surface area contributed by atoms with E-state index in [0.717, 1.165) is 141 Å². The van der Waals surface area contributed by atoms with Crippen LogP contribution in [-0.4, -0.2) is 95.9 Å². The second kappa shape index (κ2) is 64.6. The molecule has 0 radical (unpaired) electrons. The summed E-state index contributed by atoms with van der Waals surface area (Å²) < 4.78 is 60.8. The van der Waals surface area contributed by atoms with Gasteiger partial charge in [0.05, 0.1) is 26.4 Å². The predicted octanol–water partition coefficient (Wildman–Crippen LogP) is 19.1. The molecule has 0 aromatic heterocycles. The van der Waals surface area contributed by atoms with Crippen LogP contribution in [-0.2, 0) is 55.8 Å². The lowest BCUT2D eigenvalue weighted by Gasteiger charge is -2.21. The molecule has 18 heteroatoms. The fraction of sp³-hybridized carbons (Fsp3) is 0.732. The highest BCUT2D eigenvalue weighted by Gasteiger charge is 2.29.